The third kappa shape index (κ3) is 6.17. The summed E-state index contributed by atoms with van der Waals surface area (Å²) in [7, 11) is 10.7. The lowest BCUT2D eigenvalue weighted by atomic mass is 9.86. The van der Waals surface area contributed by atoms with Gasteiger partial charge in [0.05, 0.1) is 6.61 Å². The normalized spacial score (nSPS) is 25.9. The van der Waals surface area contributed by atoms with Crippen LogP contribution in [0.25, 0.3) is 10.4 Å². The van der Waals surface area contributed by atoms with Crippen LogP contribution >= 0.6 is 49.2 Å². The molecule has 0 bridgehead atoms. The van der Waals surface area contributed by atoms with Gasteiger partial charge in [-0.1, -0.05) is 24.3 Å². The van der Waals surface area contributed by atoms with Crippen LogP contribution in [0.15, 0.2) is 54.6 Å². The molecule has 0 aliphatic carbocycles. The standard InChI is InChI=1S/C25H31FO6P4S/c1-14-3-6-17(11-16(14)12-19-9-10-21(37-19)15-4-7-18(26)8-5-15)25(27-2)24(32-36)23(31-35)22(30-34)20(29-25)13-28-33/h3-11,20,22-24H,12-13,33-36H2,1-2H3/t20-,22-,23+,24-,25+/m1/s1. The average Bonchev–Trinajstić information content (AvgIpc) is 3.38. The van der Waals surface area contributed by atoms with Crippen molar-refractivity contribution in [3.8, 4) is 10.4 Å². The number of thiophene rings is 1. The summed E-state index contributed by atoms with van der Waals surface area (Å²) in [6.45, 7) is 2.32. The molecule has 0 N–H and O–H groups in total. The highest BCUT2D eigenvalue weighted by molar-refractivity contribution is 7.15. The number of aryl methyl sites for hydroxylation is 1. The predicted octanol–water partition coefficient (Wildman–Crippen LogP) is 5.98. The summed E-state index contributed by atoms with van der Waals surface area (Å²) in [5, 5.41) is 0. The van der Waals surface area contributed by atoms with E-state index in [0.29, 0.717) is 0 Å². The Bertz CT molecular complexity index is 1180. The lowest BCUT2D eigenvalue weighted by Crippen LogP contribution is -2.64. The van der Waals surface area contributed by atoms with E-state index in [1.54, 1.807) is 30.6 Å². The first-order valence-electron chi connectivity index (χ1n) is 11.5. The largest absolute Gasteiger partial charge is 0.363 e. The van der Waals surface area contributed by atoms with Crippen molar-refractivity contribution in [2.75, 3.05) is 13.7 Å². The first-order valence-corrected chi connectivity index (χ1v) is 14.2. The van der Waals surface area contributed by atoms with Crippen LogP contribution in [0.1, 0.15) is 21.6 Å². The molecular weight excluding hydrogens is 571 g/mol. The lowest BCUT2D eigenvalue weighted by molar-refractivity contribution is -0.351. The van der Waals surface area contributed by atoms with Gasteiger partial charge in [0.15, 0.2) is 0 Å². The minimum Gasteiger partial charge on any atom is -0.363 e. The number of hydrogen-bond donors (Lipinski definition) is 0. The highest BCUT2D eigenvalue weighted by Gasteiger charge is 2.58. The Morgan fingerprint density at radius 3 is 2.30 bits per heavy atom. The maximum absolute atomic E-state index is 13.3. The maximum atomic E-state index is 13.3. The molecule has 0 saturated carbocycles. The zero-order chi connectivity index (χ0) is 26.6. The van der Waals surface area contributed by atoms with E-state index < -0.39 is 30.2 Å². The van der Waals surface area contributed by atoms with Crippen molar-refractivity contribution in [2.45, 2.75) is 43.5 Å². The molecule has 4 rings (SSSR count). The fourth-order valence-corrected chi connectivity index (χ4v) is 6.87. The number of ether oxygens (including phenoxy) is 2. The molecule has 200 valence electrons. The summed E-state index contributed by atoms with van der Waals surface area (Å²) in [6, 6.07) is 16.9. The van der Waals surface area contributed by atoms with E-state index in [-0.39, 0.29) is 12.4 Å². The van der Waals surface area contributed by atoms with Gasteiger partial charge in [0, 0.05) is 66.7 Å². The van der Waals surface area contributed by atoms with Crippen LogP contribution in [0, 0.1) is 12.7 Å². The average molecular weight is 602 g/mol. The van der Waals surface area contributed by atoms with Crippen LogP contribution in [0.4, 0.5) is 4.39 Å². The monoisotopic (exact) mass is 602 g/mol. The Kier molecular flexibility index (Phi) is 10.6. The fraction of sp³-hybridized carbons (Fsp3) is 0.360. The summed E-state index contributed by atoms with van der Waals surface area (Å²) >= 11 is 1.69. The quantitative estimate of drug-likeness (QED) is 0.266. The summed E-state index contributed by atoms with van der Waals surface area (Å²) in [6.07, 6.45) is -1.49. The SMILES string of the molecule is CO[C@@]1(c2ccc(C)c(Cc3ccc(-c4ccc(F)cc4)s3)c2)O[C@H](COP)[C@@H](OP)[C@H](OP)[C@H]1OP. The van der Waals surface area contributed by atoms with Gasteiger partial charge in [-0.3, -0.25) is 0 Å². The van der Waals surface area contributed by atoms with Crippen molar-refractivity contribution in [3.63, 3.8) is 0 Å². The van der Waals surface area contributed by atoms with Crippen molar-refractivity contribution < 1.29 is 32.0 Å². The topological polar surface area (TPSA) is 55.4 Å². The minimum absolute atomic E-state index is 0.239. The first-order chi connectivity index (χ1) is 17.9. The summed E-state index contributed by atoms with van der Waals surface area (Å²) in [5.41, 5.74) is 4.05. The van der Waals surface area contributed by atoms with Crippen LogP contribution in [0.5, 0.6) is 0 Å². The van der Waals surface area contributed by atoms with E-state index in [1.165, 1.54) is 17.0 Å². The van der Waals surface area contributed by atoms with Gasteiger partial charge in [-0.2, -0.15) is 0 Å². The van der Waals surface area contributed by atoms with Gasteiger partial charge in [0.25, 0.3) is 0 Å². The molecule has 4 unspecified atom stereocenters. The molecule has 37 heavy (non-hydrogen) atoms. The Hall–Kier alpha value is -0.450. The Morgan fingerprint density at radius 1 is 0.946 bits per heavy atom. The summed E-state index contributed by atoms with van der Waals surface area (Å²) in [4.78, 5) is 2.28. The molecule has 0 amide bonds. The van der Waals surface area contributed by atoms with Gasteiger partial charge in [0.1, 0.15) is 30.2 Å². The molecule has 1 saturated heterocycles. The molecule has 0 spiro atoms. The van der Waals surface area contributed by atoms with E-state index in [2.05, 4.69) is 69.1 Å². The van der Waals surface area contributed by atoms with Crippen molar-refractivity contribution in [1.82, 2.24) is 0 Å². The Labute approximate surface area is 230 Å². The molecule has 1 aromatic heterocycles. The maximum Gasteiger partial charge on any atom is 0.225 e. The Balaban J connectivity index is 1.69. The smallest absolute Gasteiger partial charge is 0.225 e. The van der Waals surface area contributed by atoms with Crippen molar-refractivity contribution in [3.05, 3.63) is 82.0 Å². The number of halogens is 1. The van der Waals surface area contributed by atoms with Gasteiger partial charge >= 0.3 is 0 Å². The molecule has 9 atom stereocenters. The zero-order valence-corrected chi connectivity index (χ0v) is 25.9. The molecule has 2 aromatic carbocycles. The highest BCUT2D eigenvalue weighted by Crippen LogP contribution is 2.45. The molecule has 1 aliphatic heterocycles. The fourth-order valence-electron chi connectivity index (χ4n) is 4.69. The van der Waals surface area contributed by atoms with Gasteiger partial charge < -0.3 is 27.6 Å². The van der Waals surface area contributed by atoms with Crippen LogP contribution < -0.4 is 0 Å². The van der Waals surface area contributed by atoms with Gasteiger partial charge in [-0.25, -0.2) is 4.39 Å². The molecule has 0 radical (unpaired) electrons. The van der Waals surface area contributed by atoms with E-state index in [4.69, 9.17) is 27.6 Å². The predicted molar refractivity (Wildman–Crippen MR) is 157 cm³/mol. The second kappa shape index (κ2) is 13.3. The van der Waals surface area contributed by atoms with E-state index in [9.17, 15) is 4.39 Å². The number of benzene rings is 2. The first kappa shape index (κ1) is 29.5. The second-order valence-electron chi connectivity index (χ2n) is 8.71. The van der Waals surface area contributed by atoms with E-state index in [1.807, 2.05) is 6.07 Å². The zero-order valence-electron chi connectivity index (χ0n) is 20.5. The summed E-state index contributed by atoms with van der Waals surface area (Å²) in [5.74, 6) is -1.53. The van der Waals surface area contributed by atoms with E-state index in [0.717, 1.165) is 33.6 Å². The third-order valence-electron chi connectivity index (χ3n) is 6.62. The van der Waals surface area contributed by atoms with Crippen LogP contribution in [0.2, 0.25) is 0 Å². The number of hydrogen-bond acceptors (Lipinski definition) is 7. The second-order valence-corrected chi connectivity index (χ2v) is 11.0. The van der Waals surface area contributed by atoms with Gasteiger partial charge in [-0.05, 0) is 53.9 Å². The van der Waals surface area contributed by atoms with Crippen LogP contribution in [-0.4, -0.2) is 38.1 Å². The van der Waals surface area contributed by atoms with Crippen molar-refractivity contribution in [2.24, 2.45) is 0 Å². The van der Waals surface area contributed by atoms with Crippen molar-refractivity contribution >= 4 is 49.2 Å². The third-order valence-corrected chi connectivity index (χ3v) is 8.87. The Morgan fingerprint density at radius 2 is 1.68 bits per heavy atom. The van der Waals surface area contributed by atoms with Crippen LogP contribution in [-0.2, 0) is 39.8 Å². The van der Waals surface area contributed by atoms with Gasteiger partial charge in [-0.15, -0.1) is 11.3 Å². The minimum atomic E-state index is -1.28. The molecule has 6 nitrogen and oxygen atoms in total. The molecule has 1 aliphatic rings. The van der Waals surface area contributed by atoms with Crippen LogP contribution in [0.3, 0.4) is 0 Å². The van der Waals surface area contributed by atoms with Crippen molar-refractivity contribution in [1.29, 1.82) is 0 Å². The highest BCUT2D eigenvalue weighted by atomic mass is 32.1. The molecule has 12 heteroatoms. The molecule has 3 aromatic rings. The summed E-state index contributed by atoms with van der Waals surface area (Å²) < 4.78 is 48.5. The molecular formula is C25H31FO6P4S. The molecule has 2 heterocycles. The van der Waals surface area contributed by atoms with E-state index >= 15 is 0 Å². The van der Waals surface area contributed by atoms with Gasteiger partial charge in [0.2, 0.25) is 5.79 Å². The number of rotatable bonds is 10. The number of methoxy groups -OCH3 is 1. The lowest BCUT2D eigenvalue weighted by Gasteiger charge is -2.50. The molecule has 1 fully saturated rings.